The number of fused-ring (bicyclic) bond motifs is 1. The van der Waals surface area contributed by atoms with Crippen molar-refractivity contribution in [2.75, 3.05) is 24.3 Å². The average molecular weight is 399 g/mol. The van der Waals surface area contributed by atoms with Crippen LogP contribution in [-0.2, 0) is 20.9 Å². The zero-order valence-corrected chi connectivity index (χ0v) is 16.6. The zero-order valence-electron chi connectivity index (χ0n) is 15.8. The van der Waals surface area contributed by atoms with Gasteiger partial charge in [-0.25, -0.2) is 0 Å². The molecule has 0 saturated carbocycles. The lowest BCUT2D eigenvalue weighted by Crippen LogP contribution is -2.37. The Balaban J connectivity index is 1.61. The maximum atomic E-state index is 12.2. The molecule has 7 heteroatoms. The van der Waals surface area contributed by atoms with Crippen LogP contribution in [0.25, 0.3) is 0 Å². The van der Waals surface area contributed by atoms with E-state index in [1.54, 1.807) is 23.1 Å². The van der Waals surface area contributed by atoms with Crippen LogP contribution in [0.5, 0.6) is 5.75 Å². The maximum Gasteiger partial charge on any atom is 0.307 e. The third-order valence-electron chi connectivity index (χ3n) is 4.42. The van der Waals surface area contributed by atoms with Crippen LogP contribution in [0.15, 0.2) is 47.4 Å². The first-order valence-electron chi connectivity index (χ1n) is 8.85. The van der Waals surface area contributed by atoms with Crippen molar-refractivity contribution in [2.24, 2.45) is 0 Å². The number of thioether (sulfide) groups is 1. The number of para-hydroxylation sites is 1. The van der Waals surface area contributed by atoms with E-state index in [1.807, 2.05) is 24.3 Å². The summed E-state index contributed by atoms with van der Waals surface area (Å²) in [5.74, 6) is 0.401. The SMILES string of the molecule is COc1ccc(C(C)=O)cc1COC(=O)CCN1C(=O)CSc2ccccc21. The number of carbonyl (C=O) groups is 3. The van der Waals surface area contributed by atoms with Crippen molar-refractivity contribution < 1.29 is 23.9 Å². The summed E-state index contributed by atoms with van der Waals surface area (Å²) >= 11 is 1.50. The van der Waals surface area contributed by atoms with Gasteiger partial charge >= 0.3 is 5.97 Å². The standard InChI is InChI=1S/C21H21NO5S/c1-14(23)15-7-8-18(26-2)16(11-15)12-27-21(25)9-10-22-17-5-3-4-6-19(17)28-13-20(22)24/h3-8,11H,9-10,12-13H2,1-2H3. The fraction of sp³-hybridized carbons (Fsp3) is 0.286. The van der Waals surface area contributed by atoms with Gasteiger partial charge in [-0.2, -0.15) is 0 Å². The summed E-state index contributed by atoms with van der Waals surface area (Å²) in [6, 6.07) is 12.7. The van der Waals surface area contributed by atoms with Gasteiger partial charge in [-0.3, -0.25) is 14.4 Å². The lowest BCUT2D eigenvalue weighted by molar-refractivity contribution is -0.144. The molecule has 28 heavy (non-hydrogen) atoms. The molecule has 1 aliphatic rings. The number of amides is 1. The number of hydrogen-bond acceptors (Lipinski definition) is 6. The van der Waals surface area contributed by atoms with E-state index in [1.165, 1.54) is 25.8 Å². The second kappa shape index (κ2) is 8.93. The molecule has 0 fully saturated rings. The van der Waals surface area contributed by atoms with Crippen LogP contribution < -0.4 is 9.64 Å². The molecule has 1 amide bonds. The number of hydrogen-bond donors (Lipinski definition) is 0. The first-order chi connectivity index (χ1) is 13.5. The number of esters is 1. The van der Waals surface area contributed by atoms with Crippen molar-refractivity contribution >= 4 is 35.1 Å². The summed E-state index contributed by atoms with van der Waals surface area (Å²) < 4.78 is 10.6. The van der Waals surface area contributed by atoms with Crippen LogP contribution in [0.3, 0.4) is 0 Å². The van der Waals surface area contributed by atoms with Crippen LogP contribution in [0, 0.1) is 0 Å². The Morgan fingerprint density at radius 2 is 1.96 bits per heavy atom. The largest absolute Gasteiger partial charge is 0.496 e. The van der Waals surface area contributed by atoms with Crippen molar-refractivity contribution in [1.82, 2.24) is 0 Å². The van der Waals surface area contributed by atoms with E-state index in [2.05, 4.69) is 0 Å². The van der Waals surface area contributed by atoms with Crippen molar-refractivity contribution in [2.45, 2.75) is 24.8 Å². The molecule has 0 saturated heterocycles. The van der Waals surface area contributed by atoms with Crippen molar-refractivity contribution in [3.63, 3.8) is 0 Å². The summed E-state index contributed by atoms with van der Waals surface area (Å²) in [6.45, 7) is 1.74. The minimum atomic E-state index is -0.418. The van der Waals surface area contributed by atoms with Gasteiger partial charge in [-0.05, 0) is 37.3 Å². The van der Waals surface area contributed by atoms with Crippen molar-refractivity contribution in [3.05, 3.63) is 53.6 Å². The molecule has 3 rings (SSSR count). The van der Waals surface area contributed by atoms with Crippen LogP contribution in [0.2, 0.25) is 0 Å². The fourth-order valence-corrected chi connectivity index (χ4v) is 3.88. The number of methoxy groups -OCH3 is 1. The minimum Gasteiger partial charge on any atom is -0.496 e. The number of rotatable bonds is 7. The number of ether oxygens (including phenoxy) is 2. The molecule has 0 N–H and O–H groups in total. The van der Waals surface area contributed by atoms with Crippen LogP contribution in [0.1, 0.15) is 29.3 Å². The summed E-state index contributed by atoms with van der Waals surface area (Å²) in [6.07, 6.45) is 0.0828. The number of anilines is 1. The van der Waals surface area contributed by atoms with Crippen LogP contribution >= 0.6 is 11.8 Å². The highest BCUT2D eigenvalue weighted by Crippen LogP contribution is 2.34. The van der Waals surface area contributed by atoms with Gasteiger partial charge in [0.15, 0.2) is 5.78 Å². The highest BCUT2D eigenvalue weighted by Gasteiger charge is 2.24. The van der Waals surface area contributed by atoms with E-state index >= 15 is 0 Å². The molecule has 0 spiro atoms. The average Bonchev–Trinajstić information content (AvgIpc) is 2.71. The van der Waals surface area contributed by atoms with E-state index in [0.29, 0.717) is 22.6 Å². The molecule has 0 bridgehead atoms. The number of ketones is 1. The molecule has 146 valence electrons. The van der Waals surface area contributed by atoms with Gasteiger partial charge in [0.05, 0.1) is 25.0 Å². The maximum absolute atomic E-state index is 12.2. The Labute approximate surface area is 167 Å². The highest BCUT2D eigenvalue weighted by molar-refractivity contribution is 8.00. The highest BCUT2D eigenvalue weighted by atomic mass is 32.2. The van der Waals surface area contributed by atoms with Gasteiger partial charge in [0.2, 0.25) is 5.91 Å². The zero-order chi connectivity index (χ0) is 20.1. The Morgan fingerprint density at radius 3 is 2.71 bits per heavy atom. The van der Waals surface area contributed by atoms with Gasteiger partial charge < -0.3 is 14.4 Å². The molecular weight excluding hydrogens is 378 g/mol. The quantitative estimate of drug-likeness (QED) is 0.524. The predicted molar refractivity (Wildman–Crippen MR) is 107 cm³/mol. The van der Waals surface area contributed by atoms with E-state index in [-0.39, 0.29) is 31.3 Å². The molecule has 1 heterocycles. The third-order valence-corrected chi connectivity index (χ3v) is 5.47. The van der Waals surface area contributed by atoms with Crippen LogP contribution in [-0.4, -0.2) is 37.1 Å². The molecule has 0 aromatic heterocycles. The fourth-order valence-electron chi connectivity index (χ4n) is 2.94. The van der Waals surface area contributed by atoms with Gasteiger partial charge in [0, 0.05) is 22.6 Å². The first kappa shape index (κ1) is 19.9. The minimum absolute atomic E-state index is 0.00348. The molecule has 0 aliphatic carbocycles. The molecule has 0 unspecified atom stereocenters. The van der Waals surface area contributed by atoms with Crippen LogP contribution in [0.4, 0.5) is 5.69 Å². The first-order valence-corrected chi connectivity index (χ1v) is 9.84. The monoisotopic (exact) mass is 399 g/mol. The molecule has 2 aromatic carbocycles. The Kier molecular flexibility index (Phi) is 6.36. The Hall–Kier alpha value is -2.80. The topological polar surface area (TPSA) is 72.9 Å². The second-order valence-electron chi connectivity index (χ2n) is 6.30. The summed E-state index contributed by atoms with van der Waals surface area (Å²) in [5.41, 5.74) is 1.98. The molecule has 1 aliphatic heterocycles. The summed E-state index contributed by atoms with van der Waals surface area (Å²) in [4.78, 5) is 38.7. The van der Waals surface area contributed by atoms with Gasteiger partial charge in [0.25, 0.3) is 0 Å². The smallest absolute Gasteiger partial charge is 0.307 e. The van der Waals surface area contributed by atoms with Gasteiger partial charge in [-0.1, -0.05) is 12.1 Å². The van der Waals surface area contributed by atoms with Gasteiger partial charge in [-0.15, -0.1) is 11.8 Å². The molecule has 6 nitrogen and oxygen atoms in total. The summed E-state index contributed by atoms with van der Waals surface area (Å²) in [5, 5.41) is 0. The van der Waals surface area contributed by atoms with E-state index in [0.717, 1.165) is 10.6 Å². The van der Waals surface area contributed by atoms with E-state index in [4.69, 9.17) is 9.47 Å². The van der Waals surface area contributed by atoms with Gasteiger partial charge in [0.1, 0.15) is 12.4 Å². The molecular formula is C21H21NO5S. The van der Waals surface area contributed by atoms with E-state index < -0.39 is 5.97 Å². The van der Waals surface area contributed by atoms with Crippen molar-refractivity contribution in [1.29, 1.82) is 0 Å². The number of nitrogens with zero attached hydrogens (tertiary/aromatic N) is 1. The second-order valence-corrected chi connectivity index (χ2v) is 7.31. The number of benzene rings is 2. The molecule has 0 radical (unpaired) electrons. The van der Waals surface area contributed by atoms with Crippen molar-refractivity contribution in [3.8, 4) is 5.75 Å². The molecule has 2 aromatic rings. The lowest BCUT2D eigenvalue weighted by Gasteiger charge is -2.28. The van der Waals surface area contributed by atoms with E-state index in [9.17, 15) is 14.4 Å². The number of Topliss-reactive ketones (excluding diaryl/α,β-unsaturated/α-hetero) is 1. The third kappa shape index (κ3) is 4.54. The predicted octanol–water partition coefficient (Wildman–Crippen LogP) is 3.47. The normalized spacial score (nSPS) is 13.1. The summed E-state index contributed by atoms with van der Waals surface area (Å²) in [7, 11) is 1.52. The lowest BCUT2D eigenvalue weighted by atomic mass is 10.1. The Morgan fingerprint density at radius 1 is 1.18 bits per heavy atom. The Bertz CT molecular complexity index is 911. The number of carbonyl (C=O) groups excluding carboxylic acids is 3. The molecule has 0 atom stereocenters.